The summed E-state index contributed by atoms with van der Waals surface area (Å²) in [6.45, 7) is 8.82. The van der Waals surface area contributed by atoms with Crippen molar-refractivity contribution in [3.05, 3.63) is 0 Å². The lowest BCUT2D eigenvalue weighted by molar-refractivity contribution is 0.262. The highest BCUT2D eigenvalue weighted by Gasteiger charge is 2.23. The Kier molecular flexibility index (Phi) is 6.06. The van der Waals surface area contributed by atoms with E-state index in [9.17, 15) is 0 Å². The van der Waals surface area contributed by atoms with E-state index in [1.807, 2.05) is 0 Å². The highest BCUT2D eigenvalue weighted by atomic mass is 32.1. The summed E-state index contributed by atoms with van der Waals surface area (Å²) in [5.74, 6) is 0. The third kappa shape index (κ3) is 3.91. The van der Waals surface area contributed by atoms with E-state index < -0.39 is 0 Å². The van der Waals surface area contributed by atoms with Gasteiger partial charge in [0.2, 0.25) is 0 Å². The van der Waals surface area contributed by atoms with Crippen LogP contribution >= 0.6 is 12.2 Å². The van der Waals surface area contributed by atoms with Gasteiger partial charge in [-0.15, -0.1) is 0 Å². The van der Waals surface area contributed by atoms with Gasteiger partial charge in [-0.2, -0.15) is 0 Å². The highest BCUT2D eigenvalue weighted by molar-refractivity contribution is 7.80. The summed E-state index contributed by atoms with van der Waals surface area (Å²) in [5.41, 5.74) is 0. The number of nitrogens with zero attached hydrogens (tertiary/aromatic N) is 2. The van der Waals surface area contributed by atoms with Crippen molar-refractivity contribution in [3.8, 4) is 0 Å². The molecule has 0 bridgehead atoms. The molecule has 16 heavy (non-hydrogen) atoms. The average molecular weight is 243 g/mol. The van der Waals surface area contributed by atoms with Gasteiger partial charge in [-0.1, -0.05) is 13.8 Å². The van der Waals surface area contributed by atoms with Gasteiger partial charge in [-0.25, -0.2) is 0 Å². The Balaban J connectivity index is 2.56. The van der Waals surface area contributed by atoms with E-state index in [4.69, 9.17) is 12.2 Å². The summed E-state index contributed by atoms with van der Waals surface area (Å²) in [5, 5.41) is 4.30. The van der Waals surface area contributed by atoms with Crippen LogP contribution in [0.5, 0.6) is 0 Å². The van der Waals surface area contributed by atoms with E-state index in [1.165, 1.54) is 13.0 Å². The third-order valence-electron chi connectivity index (χ3n) is 3.16. The Morgan fingerprint density at radius 1 is 1.38 bits per heavy atom. The van der Waals surface area contributed by atoms with E-state index in [0.29, 0.717) is 6.04 Å². The Morgan fingerprint density at radius 3 is 2.75 bits per heavy atom. The predicted octanol–water partition coefficient (Wildman–Crippen LogP) is 1.69. The van der Waals surface area contributed by atoms with Crippen molar-refractivity contribution in [2.45, 2.75) is 39.2 Å². The SMILES string of the molecule is CCCNC(=S)N1CCCN(C)CC1CC. The molecule has 0 aromatic carbocycles. The standard InChI is InChI=1S/C12H25N3S/c1-4-7-13-12(16)15-9-6-8-14(3)10-11(15)5-2/h11H,4-10H2,1-3H3,(H,13,16). The minimum absolute atomic E-state index is 0.573. The fourth-order valence-electron chi connectivity index (χ4n) is 2.19. The molecule has 0 aromatic heterocycles. The van der Waals surface area contributed by atoms with Gasteiger partial charge in [-0.05, 0) is 45.1 Å². The monoisotopic (exact) mass is 243 g/mol. The van der Waals surface area contributed by atoms with Crippen LogP contribution in [0.1, 0.15) is 33.1 Å². The first-order valence-corrected chi connectivity index (χ1v) is 6.82. The first-order chi connectivity index (χ1) is 7.69. The Morgan fingerprint density at radius 2 is 2.12 bits per heavy atom. The molecule has 1 aliphatic rings. The summed E-state index contributed by atoms with van der Waals surface area (Å²) in [6.07, 6.45) is 3.50. The Bertz CT molecular complexity index is 220. The van der Waals surface area contributed by atoms with Crippen molar-refractivity contribution < 1.29 is 0 Å². The molecule has 1 atom stereocenters. The predicted molar refractivity (Wildman–Crippen MR) is 73.8 cm³/mol. The topological polar surface area (TPSA) is 18.5 Å². The normalized spacial score (nSPS) is 22.9. The smallest absolute Gasteiger partial charge is 0.169 e. The van der Waals surface area contributed by atoms with Gasteiger partial charge in [-0.3, -0.25) is 0 Å². The van der Waals surface area contributed by atoms with Crippen LogP contribution in [-0.4, -0.2) is 54.2 Å². The molecule has 0 aromatic rings. The van der Waals surface area contributed by atoms with Crippen molar-refractivity contribution in [1.82, 2.24) is 15.1 Å². The number of likely N-dealkylation sites (N-methyl/N-ethyl adjacent to an activating group) is 1. The van der Waals surface area contributed by atoms with Crippen molar-refractivity contribution in [3.63, 3.8) is 0 Å². The second-order valence-electron chi connectivity index (χ2n) is 4.60. The molecule has 0 radical (unpaired) electrons. The van der Waals surface area contributed by atoms with Crippen molar-refractivity contribution >= 4 is 17.3 Å². The maximum Gasteiger partial charge on any atom is 0.169 e. The van der Waals surface area contributed by atoms with Crippen LogP contribution in [0.2, 0.25) is 0 Å². The van der Waals surface area contributed by atoms with E-state index in [0.717, 1.165) is 37.6 Å². The summed E-state index contributed by atoms with van der Waals surface area (Å²) in [4.78, 5) is 4.80. The van der Waals surface area contributed by atoms with E-state index in [2.05, 4.69) is 36.0 Å². The number of rotatable bonds is 3. The Hall–Kier alpha value is -0.350. The second-order valence-corrected chi connectivity index (χ2v) is 4.99. The van der Waals surface area contributed by atoms with Crippen LogP contribution in [0, 0.1) is 0 Å². The van der Waals surface area contributed by atoms with Crippen LogP contribution in [0.4, 0.5) is 0 Å². The van der Waals surface area contributed by atoms with Crippen molar-refractivity contribution in [2.75, 3.05) is 33.2 Å². The molecule has 3 nitrogen and oxygen atoms in total. The molecule has 1 heterocycles. The average Bonchev–Trinajstić information content (AvgIpc) is 2.47. The minimum atomic E-state index is 0.573. The van der Waals surface area contributed by atoms with Crippen LogP contribution in [0.25, 0.3) is 0 Å². The zero-order valence-corrected chi connectivity index (χ0v) is 11.6. The van der Waals surface area contributed by atoms with Gasteiger partial charge >= 0.3 is 0 Å². The first-order valence-electron chi connectivity index (χ1n) is 6.42. The zero-order chi connectivity index (χ0) is 12.0. The van der Waals surface area contributed by atoms with Crippen LogP contribution < -0.4 is 5.32 Å². The molecule has 0 spiro atoms. The number of hydrogen-bond acceptors (Lipinski definition) is 2. The molecule has 0 amide bonds. The third-order valence-corrected chi connectivity index (χ3v) is 3.54. The van der Waals surface area contributed by atoms with Gasteiger partial charge in [0, 0.05) is 25.7 Å². The second kappa shape index (κ2) is 7.07. The highest BCUT2D eigenvalue weighted by Crippen LogP contribution is 2.12. The van der Waals surface area contributed by atoms with Gasteiger partial charge in [0.25, 0.3) is 0 Å². The molecule has 1 fully saturated rings. The Labute approximate surface area is 105 Å². The first kappa shape index (κ1) is 13.7. The van der Waals surface area contributed by atoms with Gasteiger partial charge in [0.1, 0.15) is 0 Å². The molecular formula is C12H25N3S. The number of thiocarbonyl (C=S) groups is 1. The summed E-state index contributed by atoms with van der Waals surface area (Å²) < 4.78 is 0. The molecule has 1 aliphatic heterocycles. The quantitative estimate of drug-likeness (QED) is 0.760. The van der Waals surface area contributed by atoms with Crippen LogP contribution in [0.3, 0.4) is 0 Å². The number of hydrogen-bond donors (Lipinski definition) is 1. The summed E-state index contributed by atoms with van der Waals surface area (Å²) in [7, 11) is 2.20. The maximum absolute atomic E-state index is 5.48. The summed E-state index contributed by atoms with van der Waals surface area (Å²) >= 11 is 5.48. The minimum Gasteiger partial charge on any atom is -0.363 e. The van der Waals surface area contributed by atoms with Gasteiger partial charge < -0.3 is 15.1 Å². The van der Waals surface area contributed by atoms with Gasteiger partial charge in [0.15, 0.2) is 5.11 Å². The van der Waals surface area contributed by atoms with Crippen LogP contribution in [-0.2, 0) is 0 Å². The van der Waals surface area contributed by atoms with E-state index >= 15 is 0 Å². The molecule has 0 aliphatic carbocycles. The van der Waals surface area contributed by atoms with Crippen molar-refractivity contribution in [1.29, 1.82) is 0 Å². The van der Waals surface area contributed by atoms with E-state index in [1.54, 1.807) is 0 Å². The molecule has 0 saturated carbocycles. The van der Waals surface area contributed by atoms with E-state index in [-0.39, 0.29) is 0 Å². The number of nitrogens with one attached hydrogen (secondary N) is 1. The zero-order valence-electron chi connectivity index (χ0n) is 10.8. The van der Waals surface area contributed by atoms with Crippen molar-refractivity contribution in [2.24, 2.45) is 0 Å². The largest absolute Gasteiger partial charge is 0.363 e. The lowest BCUT2D eigenvalue weighted by Gasteiger charge is -2.32. The molecule has 4 heteroatoms. The fraction of sp³-hybridized carbons (Fsp3) is 0.917. The molecule has 1 N–H and O–H groups in total. The molecular weight excluding hydrogens is 218 g/mol. The maximum atomic E-state index is 5.48. The fourth-order valence-corrected chi connectivity index (χ4v) is 2.54. The molecule has 1 saturated heterocycles. The molecule has 1 rings (SSSR count). The summed E-state index contributed by atoms with van der Waals surface area (Å²) in [6, 6.07) is 0.573. The molecule has 94 valence electrons. The lowest BCUT2D eigenvalue weighted by atomic mass is 10.2. The van der Waals surface area contributed by atoms with Gasteiger partial charge in [0.05, 0.1) is 0 Å². The van der Waals surface area contributed by atoms with Crippen LogP contribution in [0.15, 0.2) is 0 Å². The molecule has 1 unspecified atom stereocenters. The lowest BCUT2D eigenvalue weighted by Crippen LogP contribution is -2.48.